The van der Waals surface area contributed by atoms with E-state index >= 15 is 0 Å². The van der Waals surface area contributed by atoms with Gasteiger partial charge in [0.05, 0.1) is 11.1 Å². The average molecular weight is 284 g/mol. The second kappa shape index (κ2) is 5.67. The van der Waals surface area contributed by atoms with Crippen LogP contribution in [-0.4, -0.2) is 10.1 Å². The average Bonchev–Trinajstić information content (AvgIpc) is 2.89. The molecular formula is C13H15ClFN3O. The van der Waals surface area contributed by atoms with Gasteiger partial charge in [-0.05, 0) is 24.1 Å². The summed E-state index contributed by atoms with van der Waals surface area (Å²) >= 11 is 5.72. The van der Waals surface area contributed by atoms with Gasteiger partial charge in [0.15, 0.2) is 0 Å². The molecule has 0 fully saturated rings. The molecule has 1 aromatic carbocycles. The number of nitrogens with zero attached hydrogens (tertiary/aromatic N) is 2. The lowest BCUT2D eigenvalue weighted by atomic mass is 10.0. The first-order chi connectivity index (χ1) is 9.02. The van der Waals surface area contributed by atoms with E-state index in [0.717, 1.165) is 6.42 Å². The quantitative estimate of drug-likeness (QED) is 0.931. The van der Waals surface area contributed by atoms with Gasteiger partial charge >= 0.3 is 0 Å². The number of benzene rings is 1. The van der Waals surface area contributed by atoms with Gasteiger partial charge in [-0.3, -0.25) is 0 Å². The molecule has 0 radical (unpaired) electrons. The Morgan fingerprint density at radius 2 is 2.21 bits per heavy atom. The van der Waals surface area contributed by atoms with Crippen molar-refractivity contribution in [2.75, 3.05) is 0 Å². The fourth-order valence-electron chi connectivity index (χ4n) is 1.62. The van der Waals surface area contributed by atoms with Crippen LogP contribution in [0.15, 0.2) is 22.7 Å². The van der Waals surface area contributed by atoms with Crippen LogP contribution in [-0.2, 0) is 0 Å². The maximum absolute atomic E-state index is 13.1. The molecule has 2 atom stereocenters. The molecule has 19 heavy (non-hydrogen) atoms. The molecule has 2 N–H and O–H groups in total. The Hall–Kier alpha value is -1.46. The molecule has 0 aliphatic rings. The molecule has 0 bridgehead atoms. The highest BCUT2D eigenvalue weighted by atomic mass is 35.5. The van der Waals surface area contributed by atoms with Gasteiger partial charge < -0.3 is 10.3 Å². The minimum Gasteiger partial charge on any atom is -0.337 e. The van der Waals surface area contributed by atoms with E-state index in [4.69, 9.17) is 21.9 Å². The van der Waals surface area contributed by atoms with Gasteiger partial charge in [-0.25, -0.2) is 4.39 Å². The van der Waals surface area contributed by atoms with Crippen LogP contribution < -0.4 is 5.73 Å². The highest BCUT2D eigenvalue weighted by Crippen LogP contribution is 2.25. The third-order valence-corrected chi connectivity index (χ3v) is 3.45. The van der Waals surface area contributed by atoms with Crippen molar-refractivity contribution < 1.29 is 8.91 Å². The summed E-state index contributed by atoms with van der Waals surface area (Å²) < 4.78 is 18.2. The normalized spacial score (nSPS) is 14.4. The van der Waals surface area contributed by atoms with E-state index in [0.29, 0.717) is 17.3 Å². The summed E-state index contributed by atoms with van der Waals surface area (Å²) in [5.74, 6) is 0.496. The third kappa shape index (κ3) is 2.93. The molecule has 0 aliphatic heterocycles. The first-order valence-electron chi connectivity index (χ1n) is 6.07. The summed E-state index contributed by atoms with van der Waals surface area (Å²) in [5.41, 5.74) is 6.61. The summed E-state index contributed by atoms with van der Waals surface area (Å²) in [6.45, 7) is 4.06. The SMILES string of the molecule is CC[C@H](C)[C@H](N)c1nc(-c2ccc(F)c(Cl)c2)no1. The Bertz CT molecular complexity index is 573. The maximum atomic E-state index is 13.1. The molecule has 4 nitrogen and oxygen atoms in total. The van der Waals surface area contributed by atoms with Crippen LogP contribution >= 0.6 is 11.6 Å². The summed E-state index contributed by atoms with van der Waals surface area (Å²) in [6, 6.07) is 3.97. The van der Waals surface area contributed by atoms with Crippen LogP contribution in [0.5, 0.6) is 0 Å². The molecule has 6 heteroatoms. The summed E-state index contributed by atoms with van der Waals surface area (Å²) in [5, 5.41) is 3.87. The van der Waals surface area contributed by atoms with Crippen LogP contribution in [0.25, 0.3) is 11.4 Å². The lowest BCUT2D eigenvalue weighted by molar-refractivity contribution is 0.312. The first-order valence-corrected chi connectivity index (χ1v) is 6.45. The van der Waals surface area contributed by atoms with Crippen LogP contribution in [0.4, 0.5) is 4.39 Å². The van der Waals surface area contributed by atoms with E-state index in [1.807, 2.05) is 13.8 Å². The van der Waals surface area contributed by atoms with Crippen molar-refractivity contribution in [3.63, 3.8) is 0 Å². The minimum absolute atomic E-state index is 0.0232. The topological polar surface area (TPSA) is 64.9 Å². The molecule has 2 aromatic rings. The zero-order chi connectivity index (χ0) is 14.0. The van der Waals surface area contributed by atoms with Gasteiger partial charge in [0.1, 0.15) is 5.82 Å². The Morgan fingerprint density at radius 1 is 1.47 bits per heavy atom. The molecule has 0 unspecified atom stereocenters. The number of rotatable bonds is 4. The smallest absolute Gasteiger partial charge is 0.244 e. The van der Waals surface area contributed by atoms with Crippen molar-refractivity contribution in [1.29, 1.82) is 0 Å². The zero-order valence-electron chi connectivity index (χ0n) is 10.7. The van der Waals surface area contributed by atoms with E-state index in [9.17, 15) is 4.39 Å². The van der Waals surface area contributed by atoms with Crippen molar-refractivity contribution in [2.24, 2.45) is 11.7 Å². The lowest BCUT2D eigenvalue weighted by Gasteiger charge is -2.12. The van der Waals surface area contributed by atoms with Crippen molar-refractivity contribution in [3.05, 3.63) is 34.9 Å². The molecule has 0 spiro atoms. The highest BCUT2D eigenvalue weighted by Gasteiger charge is 2.20. The molecule has 0 aliphatic carbocycles. The third-order valence-electron chi connectivity index (χ3n) is 3.16. The molecule has 102 valence electrons. The Balaban J connectivity index is 2.27. The van der Waals surface area contributed by atoms with Gasteiger partial charge in [-0.2, -0.15) is 4.98 Å². The number of halogens is 2. The van der Waals surface area contributed by atoms with Crippen LogP contribution in [0.3, 0.4) is 0 Å². The minimum atomic E-state index is -0.481. The molecule has 0 saturated carbocycles. The van der Waals surface area contributed by atoms with E-state index < -0.39 is 5.82 Å². The second-order valence-electron chi connectivity index (χ2n) is 4.50. The molecule has 0 amide bonds. The fourth-order valence-corrected chi connectivity index (χ4v) is 1.80. The van der Waals surface area contributed by atoms with Crippen LogP contribution in [0.1, 0.15) is 32.2 Å². The monoisotopic (exact) mass is 283 g/mol. The molecule has 1 aromatic heterocycles. The summed E-state index contributed by atoms with van der Waals surface area (Å²) in [4.78, 5) is 4.24. The number of aromatic nitrogens is 2. The van der Waals surface area contributed by atoms with E-state index in [2.05, 4.69) is 10.1 Å². The molecule has 2 rings (SSSR count). The van der Waals surface area contributed by atoms with Gasteiger partial charge in [0.2, 0.25) is 11.7 Å². The van der Waals surface area contributed by atoms with Crippen LogP contribution in [0.2, 0.25) is 5.02 Å². The van der Waals surface area contributed by atoms with Gasteiger partial charge in [-0.1, -0.05) is 37.0 Å². The predicted molar refractivity (Wildman–Crippen MR) is 71.1 cm³/mol. The first kappa shape index (κ1) is 14.0. The van der Waals surface area contributed by atoms with Crippen molar-refractivity contribution >= 4 is 11.6 Å². The van der Waals surface area contributed by atoms with Crippen molar-refractivity contribution in [3.8, 4) is 11.4 Å². The van der Waals surface area contributed by atoms with Crippen molar-refractivity contribution in [1.82, 2.24) is 10.1 Å². The fraction of sp³-hybridized carbons (Fsp3) is 0.385. The molecule has 0 saturated heterocycles. The van der Waals surface area contributed by atoms with Crippen molar-refractivity contribution in [2.45, 2.75) is 26.3 Å². The van der Waals surface area contributed by atoms with Gasteiger partial charge in [-0.15, -0.1) is 0 Å². The summed E-state index contributed by atoms with van der Waals surface area (Å²) in [6.07, 6.45) is 0.918. The maximum Gasteiger partial charge on any atom is 0.244 e. The Kier molecular flexibility index (Phi) is 4.17. The molecule has 1 heterocycles. The number of hydrogen-bond donors (Lipinski definition) is 1. The molecular weight excluding hydrogens is 269 g/mol. The van der Waals surface area contributed by atoms with Crippen LogP contribution in [0, 0.1) is 11.7 Å². The lowest BCUT2D eigenvalue weighted by Crippen LogP contribution is -2.18. The summed E-state index contributed by atoms with van der Waals surface area (Å²) in [7, 11) is 0. The zero-order valence-corrected chi connectivity index (χ0v) is 11.5. The van der Waals surface area contributed by atoms with Gasteiger partial charge in [0, 0.05) is 5.56 Å². The number of hydrogen-bond acceptors (Lipinski definition) is 4. The van der Waals surface area contributed by atoms with E-state index in [1.54, 1.807) is 6.07 Å². The Labute approximate surface area is 115 Å². The van der Waals surface area contributed by atoms with Gasteiger partial charge in [0.25, 0.3) is 0 Å². The Morgan fingerprint density at radius 3 is 2.84 bits per heavy atom. The van der Waals surface area contributed by atoms with E-state index in [-0.39, 0.29) is 17.0 Å². The number of nitrogens with two attached hydrogens (primary N) is 1. The standard InChI is InChI=1S/C13H15ClFN3O/c1-3-7(2)11(16)13-17-12(18-19-13)8-4-5-10(15)9(14)6-8/h4-7,11H,3,16H2,1-2H3/t7-,11-/m0/s1. The highest BCUT2D eigenvalue weighted by molar-refractivity contribution is 6.31. The van der Waals surface area contributed by atoms with E-state index in [1.165, 1.54) is 12.1 Å². The predicted octanol–water partition coefficient (Wildman–Crippen LogP) is 3.58. The second-order valence-corrected chi connectivity index (χ2v) is 4.90. The largest absolute Gasteiger partial charge is 0.337 e.